The van der Waals surface area contributed by atoms with Crippen molar-refractivity contribution in [3.63, 3.8) is 0 Å². The van der Waals surface area contributed by atoms with E-state index in [1.165, 1.54) is 11.3 Å². The highest BCUT2D eigenvalue weighted by molar-refractivity contribution is 8.01. The smallest absolute Gasteiger partial charge is 0.232 e. The van der Waals surface area contributed by atoms with Gasteiger partial charge in [-0.25, -0.2) is 4.68 Å². The van der Waals surface area contributed by atoms with Crippen molar-refractivity contribution in [2.45, 2.75) is 60.7 Å². The van der Waals surface area contributed by atoms with Crippen molar-refractivity contribution in [1.29, 1.82) is 0 Å². The van der Waals surface area contributed by atoms with E-state index in [1.807, 2.05) is 36.2 Å². The Morgan fingerprint density at radius 2 is 1.40 bits per heavy atom. The van der Waals surface area contributed by atoms with Gasteiger partial charge in [-0.05, 0) is 43.5 Å². The molecule has 3 aromatic carbocycles. The molecule has 1 saturated heterocycles. The largest absolute Gasteiger partial charge is 0.387 e. The van der Waals surface area contributed by atoms with Gasteiger partial charge < -0.3 is 10.0 Å². The zero-order chi connectivity index (χ0) is 30.6. The second kappa shape index (κ2) is 11.0. The maximum absolute atomic E-state index is 14.7. The van der Waals surface area contributed by atoms with Crippen LogP contribution in [-0.2, 0) is 16.6 Å². The van der Waals surface area contributed by atoms with Crippen LogP contribution in [0.15, 0.2) is 97.1 Å². The van der Waals surface area contributed by atoms with E-state index in [0.717, 1.165) is 31.9 Å². The quantitative estimate of drug-likeness (QED) is 0.114. The van der Waals surface area contributed by atoms with Crippen molar-refractivity contribution < 1.29 is 9.90 Å². The number of aromatic nitrogens is 3. The topological polar surface area (TPSA) is 71.2 Å². The third-order valence-corrected chi connectivity index (χ3v) is 14.8. The number of nitrogens with zero attached hydrogens (tertiary/aromatic N) is 4. The molecule has 0 aliphatic carbocycles. The van der Waals surface area contributed by atoms with E-state index in [1.54, 1.807) is 16.4 Å². The number of rotatable bonds is 8. The Kier molecular flexibility index (Phi) is 7.65. The first kappa shape index (κ1) is 29.8. The lowest BCUT2D eigenvalue weighted by molar-refractivity contribution is -0.164. The molecule has 6 rings (SSSR count). The van der Waals surface area contributed by atoms with Gasteiger partial charge in [0.15, 0.2) is 4.83 Å². The lowest BCUT2D eigenvalue weighted by Crippen LogP contribution is -2.74. The second-order valence-corrected chi connectivity index (χ2v) is 18.3. The summed E-state index contributed by atoms with van der Waals surface area (Å²) in [6.07, 6.45) is -0.956. The van der Waals surface area contributed by atoms with E-state index in [4.69, 9.17) is 0 Å². The molecule has 1 N–H and O–H groups in total. The predicted molar refractivity (Wildman–Crippen MR) is 180 cm³/mol. The number of carbonyl (C=O) groups excluding carboxylic acids is 1. The predicted octanol–water partition coefficient (Wildman–Crippen LogP) is 6.98. The Labute approximate surface area is 263 Å². The molecule has 43 heavy (non-hydrogen) atoms. The Hall–Kier alpha value is -3.24. The Balaban J connectivity index is 1.60. The number of carbonyl (C=O) groups is 1. The summed E-state index contributed by atoms with van der Waals surface area (Å²) in [5.41, 5.74) is 3.84. The van der Waals surface area contributed by atoms with Crippen molar-refractivity contribution in [3.05, 3.63) is 119 Å². The van der Waals surface area contributed by atoms with Crippen molar-refractivity contribution in [3.8, 4) is 0 Å². The molecule has 1 aliphatic heterocycles. The zero-order valence-electron chi connectivity index (χ0n) is 25.4. The lowest BCUT2D eigenvalue weighted by atomic mass is 9.83. The average molecular weight is 627 g/mol. The van der Waals surface area contributed by atoms with Crippen LogP contribution in [0.3, 0.4) is 0 Å². The van der Waals surface area contributed by atoms with Gasteiger partial charge in [0, 0.05) is 17.5 Å². The number of likely N-dealkylation sites (tertiary alicyclic amines) is 1. The summed E-state index contributed by atoms with van der Waals surface area (Å²) in [7, 11) is -0.0199. The summed E-state index contributed by atoms with van der Waals surface area (Å²) in [5, 5.41) is 19.6. The van der Waals surface area contributed by atoms with Crippen LogP contribution in [-0.4, -0.2) is 50.6 Å². The van der Waals surface area contributed by atoms with Gasteiger partial charge in [0.05, 0.1) is 29.5 Å². The standard InChI is InChI=1S/C34H38N4O2S2Si/c1-32(2,3)38-30(40)34(43(5)6,28(39)27-22-26-29(41-27)35-36-37(26)4)31(38)42-33(23-16-10-7-11-17-23,24-18-12-8-13-19-24)25-20-14-9-15-21-25/h7-22,28,31,39,43H,1-6H3. The molecule has 3 unspecified atom stereocenters. The van der Waals surface area contributed by atoms with Crippen molar-refractivity contribution >= 4 is 48.1 Å². The summed E-state index contributed by atoms with van der Waals surface area (Å²) < 4.78 is 1.08. The van der Waals surface area contributed by atoms with Crippen LogP contribution in [0.5, 0.6) is 0 Å². The third kappa shape index (κ3) is 4.59. The molecule has 0 radical (unpaired) electrons. The fourth-order valence-electron chi connectivity index (χ4n) is 6.58. The SMILES string of the molecule is Cn1nnc2sc(C(O)C3([SiH](C)C)C(=O)N(C(C)(C)C)C3SC(c3ccccc3)(c3ccccc3)c3ccccc3)cc21. The van der Waals surface area contributed by atoms with Crippen LogP contribution in [0.1, 0.15) is 48.4 Å². The molecule has 5 aromatic rings. The minimum absolute atomic E-state index is 0.0401. The number of β-lactam (4-membered cyclic amide) rings is 1. The van der Waals surface area contributed by atoms with Crippen LogP contribution in [0, 0.1) is 0 Å². The number of aliphatic hydroxyl groups excluding tert-OH is 1. The molecule has 3 heterocycles. The van der Waals surface area contributed by atoms with Crippen molar-refractivity contribution in [2.75, 3.05) is 0 Å². The van der Waals surface area contributed by atoms with Gasteiger partial charge in [0.2, 0.25) is 5.91 Å². The van der Waals surface area contributed by atoms with Gasteiger partial charge in [0.1, 0.15) is 6.10 Å². The number of hydrogen-bond acceptors (Lipinski definition) is 6. The summed E-state index contributed by atoms with van der Waals surface area (Å²) in [6.45, 7) is 10.7. The molecule has 6 nitrogen and oxygen atoms in total. The Bertz CT molecular complexity index is 1640. The van der Waals surface area contributed by atoms with Crippen molar-refractivity contribution in [1.82, 2.24) is 19.9 Å². The fraction of sp³-hybridized carbons (Fsp3) is 0.324. The van der Waals surface area contributed by atoms with Gasteiger partial charge >= 0.3 is 0 Å². The van der Waals surface area contributed by atoms with E-state index in [-0.39, 0.29) is 11.3 Å². The number of benzene rings is 3. The van der Waals surface area contributed by atoms with Gasteiger partial charge in [-0.3, -0.25) is 4.79 Å². The van der Waals surface area contributed by atoms with Crippen LogP contribution >= 0.6 is 23.1 Å². The Morgan fingerprint density at radius 3 is 1.81 bits per heavy atom. The van der Waals surface area contributed by atoms with E-state index < -0.39 is 30.2 Å². The second-order valence-electron chi connectivity index (χ2n) is 12.6. The number of fused-ring (bicyclic) bond motifs is 1. The van der Waals surface area contributed by atoms with Crippen LogP contribution < -0.4 is 0 Å². The van der Waals surface area contributed by atoms with E-state index >= 15 is 0 Å². The average Bonchev–Trinajstić information content (AvgIpc) is 3.57. The fourth-order valence-corrected chi connectivity index (χ4v) is 13.1. The maximum Gasteiger partial charge on any atom is 0.232 e. The highest BCUT2D eigenvalue weighted by atomic mass is 32.2. The minimum atomic E-state index is -1.87. The van der Waals surface area contributed by atoms with Gasteiger partial charge in [-0.1, -0.05) is 109 Å². The maximum atomic E-state index is 14.7. The summed E-state index contributed by atoms with van der Waals surface area (Å²) in [5.74, 6) is 0.0401. The molecule has 222 valence electrons. The van der Waals surface area contributed by atoms with Crippen LogP contribution in [0.25, 0.3) is 10.3 Å². The van der Waals surface area contributed by atoms with Gasteiger partial charge in [-0.2, -0.15) is 0 Å². The van der Waals surface area contributed by atoms with E-state index in [0.29, 0.717) is 0 Å². The molecular weight excluding hydrogens is 589 g/mol. The van der Waals surface area contributed by atoms with E-state index in [2.05, 4.69) is 117 Å². The molecule has 1 aliphatic rings. The zero-order valence-corrected chi connectivity index (χ0v) is 28.2. The molecule has 1 amide bonds. The van der Waals surface area contributed by atoms with Crippen LogP contribution in [0.2, 0.25) is 18.1 Å². The van der Waals surface area contributed by atoms with Gasteiger partial charge in [0.25, 0.3) is 0 Å². The molecule has 2 aromatic heterocycles. The summed E-state index contributed by atoms with van der Waals surface area (Å²) in [4.78, 5) is 18.2. The molecule has 0 spiro atoms. The number of aryl methyl sites for hydroxylation is 1. The number of hydrogen-bond donors (Lipinski definition) is 1. The molecule has 3 atom stereocenters. The molecular formula is C34H38N4O2S2Si. The van der Waals surface area contributed by atoms with Crippen molar-refractivity contribution in [2.24, 2.45) is 7.05 Å². The number of amides is 1. The monoisotopic (exact) mass is 626 g/mol. The molecule has 0 bridgehead atoms. The van der Waals surface area contributed by atoms with Crippen LogP contribution in [0.4, 0.5) is 0 Å². The number of thioether (sulfide) groups is 1. The lowest BCUT2D eigenvalue weighted by Gasteiger charge is -2.64. The summed E-state index contributed by atoms with van der Waals surface area (Å²) in [6, 6.07) is 33.7. The first-order chi connectivity index (χ1) is 20.5. The van der Waals surface area contributed by atoms with E-state index in [9.17, 15) is 9.90 Å². The highest BCUT2D eigenvalue weighted by Crippen LogP contribution is 2.67. The number of thiophene rings is 1. The third-order valence-electron chi connectivity index (χ3n) is 8.79. The Morgan fingerprint density at radius 1 is 0.907 bits per heavy atom. The molecule has 0 saturated carbocycles. The van der Waals surface area contributed by atoms with Gasteiger partial charge in [-0.15, -0.1) is 28.2 Å². The first-order valence-electron chi connectivity index (χ1n) is 14.7. The summed E-state index contributed by atoms with van der Waals surface area (Å²) >= 11 is 3.24. The minimum Gasteiger partial charge on any atom is -0.387 e. The number of aliphatic hydroxyl groups is 1. The normalized spacial score (nSPS) is 20.0. The molecule has 1 fully saturated rings. The highest BCUT2D eigenvalue weighted by Gasteiger charge is 2.70. The first-order valence-corrected chi connectivity index (χ1v) is 19.3. The molecule has 9 heteroatoms.